The number of anilines is 1. The van der Waals surface area contributed by atoms with Crippen LogP contribution in [0.2, 0.25) is 5.02 Å². The van der Waals surface area contributed by atoms with Crippen LogP contribution in [0.15, 0.2) is 66.7 Å². The van der Waals surface area contributed by atoms with Crippen molar-refractivity contribution in [2.75, 3.05) is 12.4 Å². The van der Waals surface area contributed by atoms with Crippen molar-refractivity contribution in [1.29, 1.82) is 5.26 Å². The molecule has 29 heavy (non-hydrogen) atoms. The van der Waals surface area contributed by atoms with Crippen molar-refractivity contribution in [2.24, 2.45) is 0 Å². The molecule has 3 rings (SSSR count). The van der Waals surface area contributed by atoms with Crippen molar-refractivity contribution in [3.8, 4) is 17.6 Å². The number of halogens is 1. The molecular formula is C23H19ClN2O3. The zero-order valence-electron chi connectivity index (χ0n) is 15.8. The fourth-order valence-corrected chi connectivity index (χ4v) is 2.80. The minimum Gasteiger partial charge on any atom is -0.493 e. The van der Waals surface area contributed by atoms with Gasteiger partial charge in [0, 0.05) is 16.3 Å². The average molecular weight is 407 g/mol. The highest BCUT2D eigenvalue weighted by molar-refractivity contribution is 6.30. The van der Waals surface area contributed by atoms with Crippen LogP contribution in [0, 0.1) is 11.3 Å². The van der Waals surface area contributed by atoms with Gasteiger partial charge in [0.15, 0.2) is 11.5 Å². The van der Waals surface area contributed by atoms with E-state index in [2.05, 4.69) is 11.4 Å². The first-order valence-electron chi connectivity index (χ1n) is 8.91. The summed E-state index contributed by atoms with van der Waals surface area (Å²) in [7, 11) is 1.53. The highest BCUT2D eigenvalue weighted by Gasteiger charge is 2.12. The molecule has 0 atom stereocenters. The SMILES string of the molecule is COc1cc(C(=O)Nc2ccc(CC#N)cc2)ccc1OCc1ccc(Cl)cc1. The summed E-state index contributed by atoms with van der Waals surface area (Å²) in [5.74, 6) is 0.747. The molecule has 0 aliphatic rings. The molecule has 1 N–H and O–H groups in total. The van der Waals surface area contributed by atoms with E-state index < -0.39 is 0 Å². The molecule has 0 aliphatic heterocycles. The molecular weight excluding hydrogens is 388 g/mol. The minimum absolute atomic E-state index is 0.263. The van der Waals surface area contributed by atoms with Crippen LogP contribution in [0.4, 0.5) is 5.69 Å². The summed E-state index contributed by atoms with van der Waals surface area (Å²) in [6.45, 7) is 0.355. The number of nitrogens with one attached hydrogen (secondary N) is 1. The van der Waals surface area contributed by atoms with Crippen LogP contribution in [0.3, 0.4) is 0 Å². The number of carbonyl (C=O) groups excluding carboxylic acids is 1. The van der Waals surface area contributed by atoms with Crippen molar-refractivity contribution in [3.63, 3.8) is 0 Å². The molecule has 0 spiro atoms. The van der Waals surface area contributed by atoms with E-state index in [0.717, 1.165) is 11.1 Å². The molecule has 3 aromatic rings. The van der Waals surface area contributed by atoms with E-state index in [-0.39, 0.29) is 5.91 Å². The first-order chi connectivity index (χ1) is 14.1. The Bertz CT molecular complexity index is 1030. The van der Waals surface area contributed by atoms with Gasteiger partial charge in [0.25, 0.3) is 5.91 Å². The number of carbonyl (C=O) groups is 1. The van der Waals surface area contributed by atoms with E-state index in [4.69, 9.17) is 26.3 Å². The summed E-state index contributed by atoms with van der Waals surface area (Å²) in [6, 6.07) is 21.7. The summed E-state index contributed by atoms with van der Waals surface area (Å²) in [6.07, 6.45) is 0.336. The van der Waals surface area contributed by atoms with Crippen LogP contribution in [-0.2, 0) is 13.0 Å². The van der Waals surface area contributed by atoms with Gasteiger partial charge in [-0.2, -0.15) is 5.26 Å². The molecule has 6 heteroatoms. The molecule has 1 amide bonds. The third kappa shape index (κ3) is 5.50. The van der Waals surface area contributed by atoms with Gasteiger partial charge in [-0.25, -0.2) is 0 Å². The Kier molecular flexibility index (Phi) is 6.72. The molecule has 0 heterocycles. The lowest BCUT2D eigenvalue weighted by Gasteiger charge is -2.13. The minimum atomic E-state index is -0.263. The van der Waals surface area contributed by atoms with Gasteiger partial charge < -0.3 is 14.8 Å². The molecule has 0 aliphatic carbocycles. The Hall–Kier alpha value is -3.49. The molecule has 0 fully saturated rings. The first-order valence-corrected chi connectivity index (χ1v) is 9.29. The van der Waals surface area contributed by atoms with Crippen LogP contribution in [0.25, 0.3) is 0 Å². The molecule has 0 saturated heterocycles. The lowest BCUT2D eigenvalue weighted by Crippen LogP contribution is -2.12. The summed E-state index contributed by atoms with van der Waals surface area (Å²) in [5.41, 5.74) is 2.97. The second-order valence-corrected chi connectivity index (χ2v) is 6.70. The maximum atomic E-state index is 12.5. The Balaban J connectivity index is 1.67. The monoisotopic (exact) mass is 406 g/mol. The third-order valence-corrected chi connectivity index (χ3v) is 4.48. The fourth-order valence-electron chi connectivity index (χ4n) is 2.67. The van der Waals surface area contributed by atoms with Crippen molar-refractivity contribution in [3.05, 3.63) is 88.4 Å². The normalized spacial score (nSPS) is 10.1. The van der Waals surface area contributed by atoms with Gasteiger partial charge in [-0.05, 0) is 53.6 Å². The lowest BCUT2D eigenvalue weighted by atomic mass is 10.1. The fraction of sp³-hybridized carbons (Fsp3) is 0.130. The van der Waals surface area contributed by atoms with Gasteiger partial charge in [0.1, 0.15) is 6.61 Å². The molecule has 3 aromatic carbocycles. The summed E-state index contributed by atoms with van der Waals surface area (Å²) < 4.78 is 11.2. The number of nitriles is 1. The van der Waals surface area contributed by atoms with Crippen LogP contribution in [0.5, 0.6) is 11.5 Å². The van der Waals surface area contributed by atoms with Gasteiger partial charge in [-0.1, -0.05) is 35.9 Å². The van der Waals surface area contributed by atoms with E-state index >= 15 is 0 Å². The molecule has 0 bridgehead atoms. The summed E-state index contributed by atoms with van der Waals surface area (Å²) >= 11 is 5.89. The maximum absolute atomic E-state index is 12.5. The van der Waals surface area contributed by atoms with E-state index in [9.17, 15) is 4.79 Å². The standard InChI is InChI=1S/C23H19ClN2O3/c1-28-22-14-18(23(27)26-20-9-4-16(5-10-20)12-13-25)6-11-21(22)29-15-17-2-7-19(24)8-3-17/h2-11,14H,12,15H2,1H3,(H,26,27). The van der Waals surface area contributed by atoms with Crippen molar-refractivity contribution in [1.82, 2.24) is 0 Å². The third-order valence-electron chi connectivity index (χ3n) is 4.23. The summed E-state index contributed by atoms with van der Waals surface area (Å²) in [4.78, 5) is 12.5. The highest BCUT2D eigenvalue weighted by atomic mass is 35.5. The van der Waals surface area contributed by atoms with E-state index in [1.165, 1.54) is 7.11 Å². The Morgan fingerprint density at radius 1 is 1.00 bits per heavy atom. The number of amides is 1. The molecule has 0 unspecified atom stereocenters. The number of ether oxygens (including phenoxy) is 2. The molecule has 146 valence electrons. The quantitative estimate of drug-likeness (QED) is 0.582. The second-order valence-electron chi connectivity index (χ2n) is 6.27. The highest BCUT2D eigenvalue weighted by Crippen LogP contribution is 2.29. The smallest absolute Gasteiger partial charge is 0.255 e. The Morgan fingerprint density at radius 2 is 1.69 bits per heavy atom. The topological polar surface area (TPSA) is 71.3 Å². The Morgan fingerprint density at radius 3 is 2.34 bits per heavy atom. The lowest BCUT2D eigenvalue weighted by molar-refractivity contribution is 0.102. The van der Waals surface area contributed by atoms with E-state index in [0.29, 0.717) is 40.8 Å². The van der Waals surface area contributed by atoms with Crippen LogP contribution in [0.1, 0.15) is 21.5 Å². The maximum Gasteiger partial charge on any atom is 0.255 e. The second kappa shape index (κ2) is 9.63. The number of nitrogens with zero attached hydrogens (tertiary/aromatic N) is 1. The summed E-state index contributed by atoms with van der Waals surface area (Å²) in [5, 5.41) is 12.2. The van der Waals surface area contributed by atoms with Crippen LogP contribution < -0.4 is 14.8 Å². The molecule has 0 aromatic heterocycles. The predicted octanol–water partition coefficient (Wildman–Crippen LogP) is 5.25. The average Bonchev–Trinajstić information content (AvgIpc) is 2.74. The number of benzene rings is 3. The zero-order valence-corrected chi connectivity index (χ0v) is 16.6. The van der Waals surface area contributed by atoms with Crippen LogP contribution in [-0.4, -0.2) is 13.0 Å². The first kappa shape index (κ1) is 20.2. The zero-order chi connectivity index (χ0) is 20.6. The molecule has 5 nitrogen and oxygen atoms in total. The number of hydrogen-bond donors (Lipinski definition) is 1. The molecule has 0 saturated carbocycles. The van der Waals surface area contributed by atoms with Gasteiger partial charge in [0.05, 0.1) is 19.6 Å². The van der Waals surface area contributed by atoms with Gasteiger partial charge in [-0.15, -0.1) is 0 Å². The van der Waals surface area contributed by atoms with Crippen LogP contribution >= 0.6 is 11.6 Å². The van der Waals surface area contributed by atoms with Gasteiger partial charge >= 0.3 is 0 Å². The van der Waals surface area contributed by atoms with E-state index in [1.54, 1.807) is 42.5 Å². The number of hydrogen-bond acceptors (Lipinski definition) is 4. The largest absolute Gasteiger partial charge is 0.493 e. The van der Waals surface area contributed by atoms with Crippen molar-refractivity contribution < 1.29 is 14.3 Å². The number of rotatable bonds is 7. The Labute approximate surface area is 174 Å². The molecule has 0 radical (unpaired) electrons. The number of methoxy groups -OCH3 is 1. The van der Waals surface area contributed by atoms with Crippen molar-refractivity contribution in [2.45, 2.75) is 13.0 Å². The van der Waals surface area contributed by atoms with Gasteiger partial charge in [0.2, 0.25) is 0 Å². The predicted molar refractivity (Wildman–Crippen MR) is 112 cm³/mol. The van der Waals surface area contributed by atoms with Crippen molar-refractivity contribution >= 4 is 23.2 Å². The van der Waals surface area contributed by atoms with E-state index in [1.807, 2.05) is 24.3 Å². The van der Waals surface area contributed by atoms with Gasteiger partial charge in [-0.3, -0.25) is 4.79 Å².